The summed E-state index contributed by atoms with van der Waals surface area (Å²) < 4.78 is 44.2. The number of halogens is 1. The fourth-order valence-corrected chi connectivity index (χ4v) is 5.09. The molecule has 192 valence electrons. The lowest BCUT2D eigenvalue weighted by molar-refractivity contribution is -0.120. The summed E-state index contributed by atoms with van der Waals surface area (Å²) >= 11 is 5.94. The first-order chi connectivity index (χ1) is 17.2. The number of rotatable bonds is 11. The highest BCUT2D eigenvalue weighted by atomic mass is 35.5. The fourth-order valence-electron chi connectivity index (χ4n) is 3.55. The molecule has 8 nitrogen and oxygen atoms in total. The average molecular weight is 533 g/mol. The highest BCUT2D eigenvalue weighted by Gasteiger charge is 2.28. The summed E-state index contributed by atoms with van der Waals surface area (Å²) in [6.07, 6.45) is 0. The van der Waals surface area contributed by atoms with E-state index in [0.29, 0.717) is 34.6 Å². The summed E-state index contributed by atoms with van der Waals surface area (Å²) in [5.41, 5.74) is 1.09. The zero-order chi connectivity index (χ0) is 26.3. The fraction of sp³-hybridized carbons (Fsp3) is 0.269. The molecule has 1 amide bonds. The van der Waals surface area contributed by atoms with E-state index in [4.69, 9.17) is 25.8 Å². The Kier molecular flexibility index (Phi) is 9.06. The van der Waals surface area contributed by atoms with Crippen molar-refractivity contribution in [3.05, 3.63) is 77.3 Å². The van der Waals surface area contributed by atoms with Crippen molar-refractivity contribution in [2.45, 2.75) is 24.8 Å². The van der Waals surface area contributed by atoms with E-state index in [0.717, 1.165) is 9.87 Å². The van der Waals surface area contributed by atoms with Crippen LogP contribution in [0.3, 0.4) is 0 Å². The number of hydrogen-bond acceptors (Lipinski definition) is 6. The number of nitrogens with one attached hydrogen (secondary N) is 1. The Labute approximate surface area is 216 Å². The zero-order valence-corrected chi connectivity index (χ0v) is 22.1. The van der Waals surface area contributed by atoms with Crippen LogP contribution in [0.1, 0.15) is 25.5 Å². The summed E-state index contributed by atoms with van der Waals surface area (Å²) in [5, 5.41) is 3.27. The third-order valence-corrected chi connectivity index (χ3v) is 7.45. The van der Waals surface area contributed by atoms with Crippen molar-refractivity contribution in [1.82, 2.24) is 5.32 Å². The van der Waals surface area contributed by atoms with Gasteiger partial charge in [-0.2, -0.15) is 0 Å². The number of anilines is 1. The molecule has 0 aliphatic carbocycles. The Hall–Kier alpha value is -3.43. The first kappa shape index (κ1) is 27.2. The molecule has 0 spiro atoms. The molecule has 0 aromatic heterocycles. The molecule has 0 unspecified atom stereocenters. The predicted octanol–water partition coefficient (Wildman–Crippen LogP) is 4.83. The molecular weight excluding hydrogens is 504 g/mol. The second-order valence-corrected chi connectivity index (χ2v) is 10.1. The molecule has 3 rings (SSSR count). The van der Waals surface area contributed by atoms with E-state index < -0.39 is 28.5 Å². The van der Waals surface area contributed by atoms with Gasteiger partial charge in [-0.3, -0.25) is 9.10 Å². The molecule has 3 aromatic carbocycles. The van der Waals surface area contributed by atoms with E-state index in [1.807, 2.05) is 6.92 Å². The topological polar surface area (TPSA) is 94.2 Å². The summed E-state index contributed by atoms with van der Waals surface area (Å²) in [6.45, 7) is 3.70. The first-order valence-corrected chi connectivity index (χ1v) is 13.0. The van der Waals surface area contributed by atoms with Crippen molar-refractivity contribution in [1.29, 1.82) is 0 Å². The quantitative estimate of drug-likeness (QED) is 0.380. The minimum Gasteiger partial charge on any atom is -0.494 e. The number of ether oxygens (including phenoxy) is 3. The lowest BCUT2D eigenvalue weighted by Gasteiger charge is -2.25. The third kappa shape index (κ3) is 6.41. The van der Waals surface area contributed by atoms with Gasteiger partial charge in [0.1, 0.15) is 12.3 Å². The Morgan fingerprint density at radius 2 is 1.61 bits per heavy atom. The van der Waals surface area contributed by atoms with Crippen LogP contribution in [0.4, 0.5) is 5.69 Å². The van der Waals surface area contributed by atoms with Crippen LogP contribution in [0, 0.1) is 0 Å². The molecule has 0 saturated carbocycles. The number of benzene rings is 3. The molecule has 1 atom stereocenters. The maximum Gasteiger partial charge on any atom is 0.264 e. The molecule has 0 radical (unpaired) electrons. The van der Waals surface area contributed by atoms with E-state index in [1.54, 1.807) is 56.5 Å². The van der Waals surface area contributed by atoms with Gasteiger partial charge in [0, 0.05) is 5.02 Å². The number of amides is 1. The Morgan fingerprint density at radius 1 is 0.972 bits per heavy atom. The van der Waals surface area contributed by atoms with Crippen LogP contribution in [0.15, 0.2) is 71.6 Å². The minimum atomic E-state index is -4.07. The molecule has 0 aliphatic heterocycles. The largest absolute Gasteiger partial charge is 0.494 e. The van der Waals surface area contributed by atoms with Crippen molar-refractivity contribution in [2.24, 2.45) is 0 Å². The number of nitrogens with zero attached hydrogens (tertiary/aromatic N) is 1. The van der Waals surface area contributed by atoms with Gasteiger partial charge in [0.2, 0.25) is 5.91 Å². The van der Waals surface area contributed by atoms with Gasteiger partial charge in [-0.15, -0.1) is 0 Å². The summed E-state index contributed by atoms with van der Waals surface area (Å²) in [6, 6.07) is 17.2. The standard InChI is InChI=1S/C26H29ClN2O6S/c1-5-35-22-11-9-21(10-12-22)29(36(31,32)23-13-7-20(27)8-14-23)17-26(30)28-18(2)19-6-15-24(33-3)25(16-19)34-4/h6-16,18H,5,17H2,1-4H3,(H,28,30)/t18-/m0/s1. The molecule has 0 fully saturated rings. The summed E-state index contributed by atoms with van der Waals surface area (Å²) in [7, 11) is -1.00. The molecule has 10 heteroatoms. The van der Waals surface area contributed by atoms with Gasteiger partial charge in [0.15, 0.2) is 11.5 Å². The van der Waals surface area contributed by atoms with Crippen LogP contribution in [-0.4, -0.2) is 41.7 Å². The first-order valence-electron chi connectivity index (χ1n) is 11.2. The molecule has 0 aliphatic rings. The van der Waals surface area contributed by atoms with E-state index in [-0.39, 0.29) is 4.90 Å². The van der Waals surface area contributed by atoms with Gasteiger partial charge in [-0.25, -0.2) is 8.42 Å². The van der Waals surface area contributed by atoms with Crippen LogP contribution >= 0.6 is 11.6 Å². The minimum absolute atomic E-state index is 0.0153. The van der Waals surface area contributed by atoms with Crippen LogP contribution in [-0.2, 0) is 14.8 Å². The Balaban J connectivity index is 1.88. The van der Waals surface area contributed by atoms with Gasteiger partial charge in [-0.05, 0) is 80.1 Å². The second-order valence-electron chi connectivity index (χ2n) is 7.80. The van der Waals surface area contributed by atoms with Crippen LogP contribution in [0.25, 0.3) is 0 Å². The van der Waals surface area contributed by atoms with Crippen molar-refractivity contribution >= 4 is 33.2 Å². The van der Waals surface area contributed by atoms with Crippen molar-refractivity contribution in [3.8, 4) is 17.2 Å². The number of carbonyl (C=O) groups is 1. The van der Waals surface area contributed by atoms with E-state index in [9.17, 15) is 13.2 Å². The van der Waals surface area contributed by atoms with Crippen molar-refractivity contribution in [2.75, 3.05) is 31.7 Å². The van der Waals surface area contributed by atoms with Gasteiger partial charge in [-0.1, -0.05) is 17.7 Å². The summed E-state index contributed by atoms with van der Waals surface area (Å²) in [5.74, 6) is 1.20. The van der Waals surface area contributed by atoms with Crippen molar-refractivity contribution in [3.63, 3.8) is 0 Å². The predicted molar refractivity (Wildman–Crippen MR) is 140 cm³/mol. The monoisotopic (exact) mass is 532 g/mol. The third-order valence-electron chi connectivity index (χ3n) is 5.41. The molecule has 0 saturated heterocycles. The van der Waals surface area contributed by atoms with Crippen molar-refractivity contribution < 1.29 is 27.4 Å². The maximum atomic E-state index is 13.5. The summed E-state index contributed by atoms with van der Waals surface area (Å²) in [4.78, 5) is 13.1. The van der Waals surface area contributed by atoms with Gasteiger partial charge in [0.25, 0.3) is 10.0 Å². The average Bonchev–Trinajstić information content (AvgIpc) is 2.87. The van der Waals surface area contributed by atoms with Gasteiger partial charge in [0.05, 0.1) is 37.5 Å². The zero-order valence-electron chi connectivity index (χ0n) is 20.5. The number of hydrogen-bond donors (Lipinski definition) is 1. The van der Waals surface area contributed by atoms with E-state index in [1.165, 1.54) is 31.4 Å². The normalized spacial score (nSPS) is 11.9. The highest BCUT2D eigenvalue weighted by molar-refractivity contribution is 7.92. The highest BCUT2D eigenvalue weighted by Crippen LogP contribution is 2.30. The van der Waals surface area contributed by atoms with Gasteiger partial charge >= 0.3 is 0 Å². The maximum absolute atomic E-state index is 13.5. The van der Waals surface area contributed by atoms with Gasteiger partial charge < -0.3 is 19.5 Å². The van der Waals surface area contributed by atoms with Crippen LogP contribution in [0.5, 0.6) is 17.2 Å². The SMILES string of the molecule is CCOc1ccc(N(CC(=O)N[C@@H](C)c2ccc(OC)c(OC)c2)S(=O)(=O)c2ccc(Cl)cc2)cc1. The van der Waals surface area contributed by atoms with Crippen LogP contribution < -0.4 is 23.8 Å². The lowest BCUT2D eigenvalue weighted by Crippen LogP contribution is -2.41. The van der Waals surface area contributed by atoms with E-state index in [2.05, 4.69) is 5.32 Å². The lowest BCUT2D eigenvalue weighted by atomic mass is 10.1. The molecule has 1 N–H and O–H groups in total. The smallest absolute Gasteiger partial charge is 0.264 e. The van der Waals surface area contributed by atoms with Crippen LogP contribution in [0.2, 0.25) is 5.02 Å². The molecule has 3 aromatic rings. The Morgan fingerprint density at radius 3 is 2.19 bits per heavy atom. The molecule has 36 heavy (non-hydrogen) atoms. The van der Waals surface area contributed by atoms with E-state index >= 15 is 0 Å². The molecule has 0 heterocycles. The number of carbonyl (C=O) groups excluding carboxylic acids is 1. The number of methoxy groups -OCH3 is 2. The molecular formula is C26H29ClN2O6S. The Bertz CT molecular complexity index is 1280. The molecule has 0 bridgehead atoms. The second kappa shape index (κ2) is 12.0. The number of sulfonamides is 1.